The number of hydrogen-bond acceptors (Lipinski definition) is 1. The van der Waals surface area contributed by atoms with E-state index in [1.165, 1.54) is 11.6 Å². The maximum Gasteiger partial charge on any atom is 0.256 e. The molecule has 21 heavy (non-hydrogen) atoms. The average Bonchev–Trinajstić information content (AvgIpc) is 3.00. The first-order valence-electron chi connectivity index (χ1n) is 6.94. The quantitative estimate of drug-likeness (QED) is 0.796. The summed E-state index contributed by atoms with van der Waals surface area (Å²) in [6, 6.07) is 14.6. The van der Waals surface area contributed by atoms with E-state index in [1.54, 1.807) is 17.0 Å². The molecule has 2 aromatic carbocycles. The molecule has 1 heterocycles. The molecule has 0 N–H and O–H groups in total. The van der Waals surface area contributed by atoms with Gasteiger partial charge >= 0.3 is 0 Å². The van der Waals surface area contributed by atoms with Crippen LogP contribution in [0.5, 0.6) is 0 Å². The Morgan fingerprint density at radius 1 is 1.19 bits per heavy atom. The van der Waals surface area contributed by atoms with Crippen LogP contribution in [0.2, 0.25) is 0 Å². The molecule has 1 saturated heterocycles. The predicted molar refractivity (Wildman–Crippen MR) is 83.8 cm³/mol. The van der Waals surface area contributed by atoms with E-state index < -0.39 is 5.82 Å². The summed E-state index contributed by atoms with van der Waals surface area (Å²) in [7, 11) is 0. The SMILES string of the molecule is O=C(c1cc(Br)ccc1F)N1CCC(c2ccccc2)C1. The molecular weight excluding hydrogens is 333 g/mol. The number of benzene rings is 2. The van der Waals surface area contributed by atoms with Crippen molar-refractivity contribution >= 4 is 21.8 Å². The standard InChI is InChI=1S/C17H15BrFNO/c18-14-6-7-16(19)15(10-14)17(21)20-9-8-13(11-20)12-4-2-1-3-5-12/h1-7,10,13H,8-9,11H2. The van der Waals surface area contributed by atoms with Gasteiger partial charge in [-0.25, -0.2) is 4.39 Å². The molecule has 1 amide bonds. The van der Waals surface area contributed by atoms with E-state index in [4.69, 9.17) is 0 Å². The van der Waals surface area contributed by atoms with Crippen LogP contribution in [0.4, 0.5) is 4.39 Å². The highest BCUT2D eigenvalue weighted by atomic mass is 79.9. The number of amides is 1. The van der Waals surface area contributed by atoms with Crippen LogP contribution in [-0.4, -0.2) is 23.9 Å². The third-order valence-corrected chi connectivity index (χ3v) is 4.40. The highest BCUT2D eigenvalue weighted by Gasteiger charge is 2.29. The Balaban J connectivity index is 1.77. The van der Waals surface area contributed by atoms with Crippen LogP contribution in [0.15, 0.2) is 53.0 Å². The van der Waals surface area contributed by atoms with Crippen LogP contribution in [0.3, 0.4) is 0 Å². The number of likely N-dealkylation sites (tertiary alicyclic amines) is 1. The number of nitrogens with zero attached hydrogens (tertiary/aromatic N) is 1. The van der Waals surface area contributed by atoms with Crippen molar-refractivity contribution in [1.29, 1.82) is 0 Å². The first-order chi connectivity index (χ1) is 10.1. The van der Waals surface area contributed by atoms with Crippen LogP contribution in [0.25, 0.3) is 0 Å². The Labute approximate surface area is 131 Å². The maximum absolute atomic E-state index is 13.8. The van der Waals surface area contributed by atoms with E-state index in [1.807, 2.05) is 18.2 Å². The predicted octanol–water partition coefficient (Wildman–Crippen LogP) is 4.22. The summed E-state index contributed by atoms with van der Waals surface area (Å²) in [6.07, 6.45) is 0.922. The van der Waals surface area contributed by atoms with E-state index in [9.17, 15) is 9.18 Å². The molecule has 2 aromatic rings. The van der Waals surface area contributed by atoms with Crippen molar-refractivity contribution in [3.63, 3.8) is 0 Å². The van der Waals surface area contributed by atoms with Gasteiger partial charge in [-0.1, -0.05) is 46.3 Å². The second-order valence-corrected chi connectivity index (χ2v) is 6.19. The van der Waals surface area contributed by atoms with Gasteiger partial charge in [0.05, 0.1) is 5.56 Å². The molecule has 0 saturated carbocycles. The Kier molecular flexibility index (Phi) is 4.06. The summed E-state index contributed by atoms with van der Waals surface area (Å²) in [6.45, 7) is 1.32. The summed E-state index contributed by atoms with van der Waals surface area (Å²) < 4.78 is 14.5. The van der Waals surface area contributed by atoms with Gasteiger partial charge in [0.2, 0.25) is 0 Å². The molecule has 108 valence electrons. The third-order valence-electron chi connectivity index (χ3n) is 3.91. The average molecular weight is 348 g/mol. The van der Waals surface area contributed by atoms with E-state index in [2.05, 4.69) is 28.1 Å². The number of hydrogen-bond donors (Lipinski definition) is 0. The minimum absolute atomic E-state index is 0.137. The smallest absolute Gasteiger partial charge is 0.256 e. The van der Waals surface area contributed by atoms with E-state index >= 15 is 0 Å². The topological polar surface area (TPSA) is 20.3 Å². The van der Waals surface area contributed by atoms with Crippen molar-refractivity contribution in [2.75, 3.05) is 13.1 Å². The van der Waals surface area contributed by atoms with Gasteiger partial charge in [-0.2, -0.15) is 0 Å². The van der Waals surface area contributed by atoms with Gasteiger partial charge in [-0.15, -0.1) is 0 Å². The van der Waals surface area contributed by atoms with Crippen LogP contribution in [0, 0.1) is 5.82 Å². The zero-order chi connectivity index (χ0) is 14.8. The fourth-order valence-electron chi connectivity index (χ4n) is 2.77. The van der Waals surface area contributed by atoms with Gasteiger partial charge in [0.25, 0.3) is 5.91 Å². The summed E-state index contributed by atoms with van der Waals surface area (Å²) in [4.78, 5) is 14.2. The number of carbonyl (C=O) groups is 1. The number of halogens is 2. The van der Waals surface area contributed by atoms with Crippen molar-refractivity contribution < 1.29 is 9.18 Å². The molecule has 0 aromatic heterocycles. The Bertz CT molecular complexity index is 659. The second-order valence-electron chi connectivity index (χ2n) is 5.27. The molecule has 0 aliphatic carbocycles. The molecule has 4 heteroatoms. The summed E-state index contributed by atoms with van der Waals surface area (Å²) in [5.74, 6) is -0.357. The van der Waals surface area contributed by atoms with Gasteiger partial charge in [0.1, 0.15) is 5.82 Å². The van der Waals surface area contributed by atoms with Gasteiger partial charge < -0.3 is 4.90 Å². The molecule has 3 rings (SSSR count). The van der Waals surface area contributed by atoms with Crippen molar-refractivity contribution in [1.82, 2.24) is 4.90 Å². The van der Waals surface area contributed by atoms with Crippen molar-refractivity contribution in [3.05, 3.63) is 69.9 Å². The van der Waals surface area contributed by atoms with Crippen molar-refractivity contribution in [2.24, 2.45) is 0 Å². The van der Waals surface area contributed by atoms with Crippen LogP contribution in [-0.2, 0) is 0 Å². The Morgan fingerprint density at radius 3 is 2.71 bits per heavy atom. The highest BCUT2D eigenvalue weighted by molar-refractivity contribution is 9.10. The lowest BCUT2D eigenvalue weighted by Gasteiger charge is -2.17. The zero-order valence-electron chi connectivity index (χ0n) is 11.4. The minimum Gasteiger partial charge on any atom is -0.338 e. The lowest BCUT2D eigenvalue weighted by molar-refractivity contribution is 0.0786. The molecule has 1 aliphatic rings. The normalized spacial score (nSPS) is 18.0. The maximum atomic E-state index is 13.8. The van der Waals surface area contributed by atoms with Crippen LogP contribution < -0.4 is 0 Å². The largest absolute Gasteiger partial charge is 0.338 e. The van der Waals surface area contributed by atoms with E-state index in [-0.39, 0.29) is 11.5 Å². The van der Waals surface area contributed by atoms with Crippen molar-refractivity contribution in [3.8, 4) is 0 Å². The first kappa shape index (κ1) is 14.3. The Morgan fingerprint density at radius 2 is 1.95 bits per heavy atom. The van der Waals surface area contributed by atoms with Gasteiger partial charge in [0.15, 0.2) is 0 Å². The summed E-state index contributed by atoms with van der Waals surface area (Å²) >= 11 is 3.28. The fourth-order valence-corrected chi connectivity index (χ4v) is 3.13. The fraction of sp³-hybridized carbons (Fsp3) is 0.235. The van der Waals surface area contributed by atoms with Crippen LogP contribution in [0.1, 0.15) is 28.3 Å². The lowest BCUT2D eigenvalue weighted by Crippen LogP contribution is -2.29. The minimum atomic E-state index is -0.466. The molecule has 1 fully saturated rings. The molecule has 0 spiro atoms. The van der Waals surface area contributed by atoms with E-state index in [0.717, 1.165) is 6.42 Å². The van der Waals surface area contributed by atoms with Crippen molar-refractivity contribution in [2.45, 2.75) is 12.3 Å². The molecular formula is C17H15BrFNO. The van der Waals surface area contributed by atoms with Crippen LogP contribution >= 0.6 is 15.9 Å². The van der Waals surface area contributed by atoms with E-state index in [0.29, 0.717) is 23.5 Å². The molecule has 0 bridgehead atoms. The first-order valence-corrected chi connectivity index (χ1v) is 7.74. The lowest BCUT2D eigenvalue weighted by atomic mass is 9.99. The number of carbonyl (C=O) groups excluding carboxylic acids is 1. The van der Waals surface area contributed by atoms with Gasteiger partial charge in [-0.3, -0.25) is 4.79 Å². The number of rotatable bonds is 2. The molecule has 0 radical (unpaired) electrons. The zero-order valence-corrected chi connectivity index (χ0v) is 13.0. The van der Waals surface area contributed by atoms with Gasteiger partial charge in [0, 0.05) is 23.5 Å². The van der Waals surface area contributed by atoms with Gasteiger partial charge in [-0.05, 0) is 30.2 Å². The Hall–Kier alpha value is -1.68. The molecule has 1 atom stereocenters. The molecule has 1 aliphatic heterocycles. The summed E-state index contributed by atoms with van der Waals surface area (Å²) in [5.41, 5.74) is 1.38. The molecule has 1 unspecified atom stereocenters. The second kappa shape index (κ2) is 5.98. The highest BCUT2D eigenvalue weighted by Crippen LogP contribution is 2.28. The third kappa shape index (κ3) is 3.00. The molecule has 2 nitrogen and oxygen atoms in total. The summed E-state index contributed by atoms with van der Waals surface area (Å²) in [5, 5.41) is 0. The monoisotopic (exact) mass is 347 g/mol.